The van der Waals surface area contributed by atoms with Crippen molar-refractivity contribution in [1.82, 2.24) is 19.9 Å². The lowest BCUT2D eigenvalue weighted by molar-refractivity contribution is 0.0952. The topological polar surface area (TPSA) is 63.3 Å². The van der Waals surface area contributed by atoms with Gasteiger partial charge in [0.1, 0.15) is 12.0 Å². The van der Waals surface area contributed by atoms with E-state index in [0.717, 1.165) is 25.2 Å². The molecule has 2 aromatic heterocycles. The van der Waals surface area contributed by atoms with Gasteiger partial charge in [0.15, 0.2) is 0 Å². The molecule has 0 spiro atoms. The van der Waals surface area contributed by atoms with E-state index in [1.807, 2.05) is 23.7 Å². The Morgan fingerprint density at radius 2 is 2.27 bits per heavy atom. The van der Waals surface area contributed by atoms with E-state index in [9.17, 15) is 4.79 Å². The molecule has 3 heterocycles. The molecule has 1 fully saturated rings. The number of rotatable bonds is 4. The number of piperidine rings is 1. The third-order valence-electron chi connectivity index (χ3n) is 4.43. The zero-order valence-electron chi connectivity index (χ0n) is 13.1. The summed E-state index contributed by atoms with van der Waals surface area (Å²) >= 11 is 0. The summed E-state index contributed by atoms with van der Waals surface area (Å²) in [5.74, 6) is -0.0485. The van der Waals surface area contributed by atoms with Crippen molar-refractivity contribution < 1.29 is 9.32 Å². The molecule has 6 nitrogen and oxygen atoms in total. The monoisotopic (exact) mass is 302 g/mol. The zero-order chi connectivity index (χ0) is 15.5. The number of nitrogens with one attached hydrogen (secondary N) is 1. The standard InChI is InChI=1S/C16H22N4O2/c1-17-16(21)15-7-6-13(19(15)2)14-5-3-4-9-20(14)11-12-8-10-22-18-12/h6-8,10,14H,3-5,9,11H2,1-2H3,(H,17,21)/t14-/m1/s1. The van der Waals surface area contributed by atoms with E-state index >= 15 is 0 Å². The Morgan fingerprint density at radius 1 is 1.41 bits per heavy atom. The first kappa shape index (κ1) is 14.8. The molecule has 0 aliphatic carbocycles. The van der Waals surface area contributed by atoms with Crippen LogP contribution in [0.4, 0.5) is 0 Å². The highest BCUT2D eigenvalue weighted by Crippen LogP contribution is 2.32. The van der Waals surface area contributed by atoms with Crippen molar-refractivity contribution in [2.75, 3.05) is 13.6 Å². The van der Waals surface area contributed by atoms with Crippen LogP contribution in [-0.2, 0) is 13.6 Å². The number of carbonyl (C=O) groups is 1. The molecular weight excluding hydrogens is 280 g/mol. The molecule has 1 atom stereocenters. The van der Waals surface area contributed by atoms with Crippen molar-refractivity contribution in [3.63, 3.8) is 0 Å². The third-order valence-corrected chi connectivity index (χ3v) is 4.43. The molecule has 1 amide bonds. The quantitative estimate of drug-likeness (QED) is 0.939. The molecule has 1 aliphatic rings. The van der Waals surface area contributed by atoms with Crippen LogP contribution in [0, 0.1) is 0 Å². The molecule has 2 aromatic rings. The van der Waals surface area contributed by atoms with Gasteiger partial charge in [0.05, 0.1) is 11.7 Å². The lowest BCUT2D eigenvalue weighted by Crippen LogP contribution is -2.34. The molecule has 1 aliphatic heterocycles. The Morgan fingerprint density at radius 3 is 3.00 bits per heavy atom. The minimum Gasteiger partial charge on any atom is -0.364 e. The fraction of sp³-hybridized carbons (Fsp3) is 0.500. The van der Waals surface area contributed by atoms with E-state index in [1.54, 1.807) is 13.3 Å². The number of aromatic nitrogens is 2. The average Bonchev–Trinajstić information content (AvgIpc) is 3.17. The molecule has 3 rings (SSSR count). The molecule has 0 unspecified atom stereocenters. The van der Waals surface area contributed by atoms with E-state index < -0.39 is 0 Å². The maximum atomic E-state index is 11.9. The number of carbonyl (C=O) groups excluding carboxylic acids is 1. The van der Waals surface area contributed by atoms with E-state index in [-0.39, 0.29) is 5.91 Å². The molecule has 1 N–H and O–H groups in total. The molecule has 0 saturated carbocycles. The summed E-state index contributed by atoms with van der Waals surface area (Å²) in [6, 6.07) is 6.19. The summed E-state index contributed by atoms with van der Waals surface area (Å²) in [7, 11) is 3.62. The van der Waals surface area contributed by atoms with Gasteiger partial charge in [0.25, 0.3) is 5.91 Å². The van der Waals surface area contributed by atoms with Crippen LogP contribution in [0.3, 0.4) is 0 Å². The minimum absolute atomic E-state index is 0.0485. The highest BCUT2D eigenvalue weighted by atomic mass is 16.5. The van der Waals surface area contributed by atoms with Crippen molar-refractivity contribution in [1.29, 1.82) is 0 Å². The summed E-state index contributed by atoms with van der Waals surface area (Å²) in [5.41, 5.74) is 2.83. The number of hydrogen-bond acceptors (Lipinski definition) is 4. The second kappa shape index (κ2) is 6.36. The van der Waals surface area contributed by atoms with Crippen LogP contribution < -0.4 is 5.32 Å². The van der Waals surface area contributed by atoms with Gasteiger partial charge in [-0.25, -0.2) is 0 Å². The van der Waals surface area contributed by atoms with Gasteiger partial charge >= 0.3 is 0 Å². The van der Waals surface area contributed by atoms with E-state index in [1.165, 1.54) is 18.5 Å². The van der Waals surface area contributed by atoms with Crippen molar-refractivity contribution in [3.05, 3.63) is 41.5 Å². The van der Waals surface area contributed by atoms with Gasteiger partial charge in [-0.15, -0.1) is 0 Å². The minimum atomic E-state index is -0.0485. The predicted octanol–water partition coefficient (Wildman–Crippen LogP) is 2.10. The van der Waals surface area contributed by atoms with Gasteiger partial charge in [-0.2, -0.15) is 0 Å². The molecule has 1 saturated heterocycles. The van der Waals surface area contributed by atoms with Crippen molar-refractivity contribution in [2.24, 2.45) is 7.05 Å². The van der Waals surface area contributed by atoms with Crippen LogP contribution in [0.5, 0.6) is 0 Å². The van der Waals surface area contributed by atoms with Crippen LogP contribution >= 0.6 is 0 Å². The second-order valence-corrected chi connectivity index (χ2v) is 5.75. The van der Waals surface area contributed by atoms with E-state index in [4.69, 9.17) is 4.52 Å². The molecule has 0 radical (unpaired) electrons. The molecule has 0 aromatic carbocycles. The van der Waals surface area contributed by atoms with Crippen LogP contribution in [0.2, 0.25) is 0 Å². The average molecular weight is 302 g/mol. The molecule has 22 heavy (non-hydrogen) atoms. The fourth-order valence-corrected chi connectivity index (χ4v) is 3.26. The van der Waals surface area contributed by atoms with Gasteiger partial charge in [-0.3, -0.25) is 9.69 Å². The lowest BCUT2D eigenvalue weighted by Gasteiger charge is -2.35. The van der Waals surface area contributed by atoms with Crippen molar-refractivity contribution >= 4 is 5.91 Å². The van der Waals surface area contributed by atoms with Gasteiger partial charge in [0, 0.05) is 32.4 Å². The van der Waals surface area contributed by atoms with Crippen molar-refractivity contribution in [2.45, 2.75) is 31.8 Å². The first-order chi connectivity index (χ1) is 10.7. The summed E-state index contributed by atoms with van der Waals surface area (Å²) in [4.78, 5) is 14.3. The molecule has 6 heteroatoms. The van der Waals surface area contributed by atoms with Crippen molar-refractivity contribution in [3.8, 4) is 0 Å². The number of likely N-dealkylation sites (tertiary alicyclic amines) is 1. The van der Waals surface area contributed by atoms with Crippen LogP contribution in [0.1, 0.15) is 47.2 Å². The molecular formula is C16H22N4O2. The normalized spacial score (nSPS) is 19.3. The second-order valence-electron chi connectivity index (χ2n) is 5.75. The number of nitrogens with zero attached hydrogens (tertiary/aromatic N) is 3. The van der Waals surface area contributed by atoms with Gasteiger partial charge in [-0.05, 0) is 31.5 Å². The number of amides is 1. The summed E-state index contributed by atoms with van der Waals surface area (Å²) in [6.45, 7) is 1.82. The van der Waals surface area contributed by atoms with Gasteiger partial charge in [0.2, 0.25) is 0 Å². The molecule has 118 valence electrons. The maximum absolute atomic E-state index is 11.9. The number of hydrogen-bond donors (Lipinski definition) is 1. The van der Waals surface area contributed by atoms with E-state index in [2.05, 4.69) is 21.4 Å². The smallest absolute Gasteiger partial charge is 0.267 e. The fourth-order valence-electron chi connectivity index (χ4n) is 3.26. The van der Waals surface area contributed by atoms with Gasteiger partial charge in [-0.1, -0.05) is 11.6 Å². The SMILES string of the molecule is CNC(=O)c1ccc([C@H]2CCCCN2Cc2ccon2)n1C. The Labute approximate surface area is 130 Å². The van der Waals surface area contributed by atoms with Crippen LogP contribution in [0.25, 0.3) is 0 Å². The van der Waals surface area contributed by atoms with E-state index in [0.29, 0.717) is 11.7 Å². The summed E-state index contributed by atoms with van der Waals surface area (Å²) in [6.07, 6.45) is 5.12. The Balaban J connectivity index is 1.84. The Bertz CT molecular complexity index is 633. The summed E-state index contributed by atoms with van der Waals surface area (Å²) in [5, 5.41) is 6.71. The van der Waals surface area contributed by atoms with Crippen LogP contribution in [-0.4, -0.2) is 34.1 Å². The Hall–Kier alpha value is -2.08. The molecule has 0 bridgehead atoms. The zero-order valence-corrected chi connectivity index (χ0v) is 13.1. The largest absolute Gasteiger partial charge is 0.364 e. The Kier molecular flexibility index (Phi) is 4.29. The summed E-state index contributed by atoms with van der Waals surface area (Å²) < 4.78 is 6.94. The lowest BCUT2D eigenvalue weighted by atomic mass is 9.99. The first-order valence-electron chi connectivity index (χ1n) is 7.71. The first-order valence-corrected chi connectivity index (χ1v) is 7.71. The highest BCUT2D eigenvalue weighted by molar-refractivity contribution is 5.92. The van der Waals surface area contributed by atoms with Crippen LogP contribution in [0.15, 0.2) is 29.0 Å². The third kappa shape index (κ3) is 2.78. The highest BCUT2D eigenvalue weighted by Gasteiger charge is 2.27. The van der Waals surface area contributed by atoms with Gasteiger partial charge < -0.3 is 14.4 Å². The maximum Gasteiger partial charge on any atom is 0.267 e. The predicted molar refractivity (Wildman–Crippen MR) is 82.3 cm³/mol.